The Morgan fingerprint density at radius 3 is 2.34 bits per heavy atom. The molecule has 1 amide bonds. The van der Waals surface area contributed by atoms with Crippen molar-refractivity contribution in [3.05, 3.63) is 40.5 Å². The van der Waals surface area contributed by atoms with Crippen molar-refractivity contribution in [2.24, 2.45) is 10.3 Å². The summed E-state index contributed by atoms with van der Waals surface area (Å²) >= 11 is 0. The number of amidine groups is 1. The van der Waals surface area contributed by atoms with E-state index >= 15 is 0 Å². The minimum atomic E-state index is -3.70. The van der Waals surface area contributed by atoms with Crippen LogP contribution in [0.1, 0.15) is 55.7 Å². The summed E-state index contributed by atoms with van der Waals surface area (Å²) in [5.41, 5.74) is 3.61. The number of hydrogen-bond acceptors (Lipinski definition) is 4. The average Bonchev–Trinajstić information content (AvgIpc) is 2.86. The van der Waals surface area contributed by atoms with E-state index in [1.165, 1.54) is 0 Å². The number of benzene rings is 1. The van der Waals surface area contributed by atoms with Gasteiger partial charge in [0.15, 0.2) is 0 Å². The Morgan fingerprint density at radius 1 is 1.07 bits per heavy atom. The molecule has 3 aliphatic rings. The number of rotatable bonds is 3. The topological polar surface area (TPSA) is 78.8 Å². The Bertz CT molecular complexity index is 998. The van der Waals surface area contributed by atoms with Gasteiger partial charge < -0.3 is 10.2 Å². The maximum absolute atomic E-state index is 12.8. The molecular formula is C22H29N3O3S. The standard InChI is InChI=1S/C22H29N3O3S/c1-14-7-8-18(13-15(14)2)20-16(3)21(24-29(20,27)28)25-11-9-19(10-12-25)23-22(26)17-5-4-6-17/h7-8,13,17,19H,4-6,9-12H2,1-3H3,(H,23,26). The minimum absolute atomic E-state index is 0.168. The number of nitrogens with zero attached hydrogens (tertiary/aromatic N) is 2. The van der Waals surface area contributed by atoms with Crippen molar-refractivity contribution in [2.75, 3.05) is 13.1 Å². The fourth-order valence-corrected chi connectivity index (χ4v) is 5.77. The predicted molar refractivity (Wildman–Crippen MR) is 115 cm³/mol. The van der Waals surface area contributed by atoms with Gasteiger partial charge in [0.05, 0.1) is 0 Å². The first-order valence-electron chi connectivity index (χ1n) is 10.5. The van der Waals surface area contributed by atoms with E-state index in [0.717, 1.165) is 43.2 Å². The average molecular weight is 416 g/mol. The molecule has 1 saturated heterocycles. The SMILES string of the molecule is CC1=C(c2ccc(C)c(C)c2)S(=O)(=O)N=C1N1CCC(NC(=O)C2CCC2)CC1. The summed E-state index contributed by atoms with van der Waals surface area (Å²) in [5.74, 6) is 0.939. The molecule has 156 valence electrons. The summed E-state index contributed by atoms with van der Waals surface area (Å²) in [6.45, 7) is 7.24. The molecule has 1 N–H and O–H groups in total. The molecule has 0 unspecified atom stereocenters. The van der Waals surface area contributed by atoms with Gasteiger partial charge in [-0.25, -0.2) is 0 Å². The van der Waals surface area contributed by atoms with E-state index in [0.29, 0.717) is 35.0 Å². The van der Waals surface area contributed by atoms with E-state index in [-0.39, 0.29) is 17.9 Å². The van der Waals surface area contributed by atoms with Gasteiger partial charge in [-0.05, 0) is 63.1 Å². The number of piperidine rings is 1. The molecular weight excluding hydrogens is 386 g/mol. The van der Waals surface area contributed by atoms with Crippen LogP contribution in [0.2, 0.25) is 0 Å². The zero-order valence-corrected chi connectivity index (χ0v) is 18.2. The van der Waals surface area contributed by atoms with Gasteiger partial charge in [-0.3, -0.25) is 4.79 Å². The van der Waals surface area contributed by atoms with Gasteiger partial charge >= 0.3 is 0 Å². The Balaban J connectivity index is 1.48. The molecule has 0 radical (unpaired) electrons. The maximum atomic E-state index is 12.8. The monoisotopic (exact) mass is 415 g/mol. The molecule has 29 heavy (non-hydrogen) atoms. The third-order valence-electron chi connectivity index (χ3n) is 6.53. The van der Waals surface area contributed by atoms with E-state index < -0.39 is 10.0 Å². The zero-order chi connectivity index (χ0) is 20.8. The van der Waals surface area contributed by atoms with Gasteiger partial charge in [0.25, 0.3) is 10.0 Å². The van der Waals surface area contributed by atoms with Gasteiger partial charge in [0.2, 0.25) is 5.91 Å². The smallest absolute Gasteiger partial charge is 0.285 e. The number of hydrogen-bond donors (Lipinski definition) is 1. The quantitative estimate of drug-likeness (QED) is 0.822. The third kappa shape index (κ3) is 3.84. The van der Waals surface area contributed by atoms with Gasteiger partial charge in [-0.2, -0.15) is 8.42 Å². The van der Waals surface area contributed by atoms with Crippen LogP contribution in [0.3, 0.4) is 0 Å². The molecule has 0 aromatic heterocycles. The van der Waals surface area contributed by atoms with Crippen molar-refractivity contribution in [1.29, 1.82) is 0 Å². The van der Waals surface area contributed by atoms with Crippen molar-refractivity contribution < 1.29 is 13.2 Å². The maximum Gasteiger partial charge on any atom is 0.285 e. The number of likely N-dealkylation sites (tertiary alicyclic amines) is 1. The van der Waals surface area contributed by atoms with E-state index in [4.69, 9.17) is 0 Å². The highest BCUT2D eigenvalue weighted by Crippen LogP contribution is 2.35. The van der Waals surface area contributed by atoms with Crippen LogP contribution >= 0.6 is 0 Å². The highest BCUT2D eigenvalue weighted by molar-refractivity contribution is 8.00. The Hall–Kier alpha value is -2.15. The van der Waals surface area contributed by atoms with Crippen molar-refractivity contribution in [3.63, 3.8) is 0 Å². The number of nitrogens with one attached hydrogen (secondary N) is 1. The lowest BCUT2D eigenvalue weighted by Crippen LogP contribution is -2.48. The number of amides is 1. The van der Waals surface area contributed by atoms with Crippen LogP contribution in [0.5, 0.6) is 0 Å². The van der Waals surface area contributed by atoms with Gasteiger partial charge in [0.1, 0.15) is 10.7 Å². The molecule has 2 aliphatic heterocycles. The lowest BCUT2D eigenvalue weighted by Gasteiger charge is -2.35. The first-order valence-corrected chi connectivity index (χ1v) is 11.9. The Labute approximate surface area is 173 Å². The molecule has 0 bridgehead atoms. The molecule has 2 fully saturated rings. The van der Waals surface area contributed by atoms with Crippen molar-refractivity contribution in [1.82, 2.24) is 10.2 Å². The molecule has 1 aliphatic carbocycles. The second-order valence-corrected chi connectivity index (χ2v) is 10.1. The summed E-state index contributed by atoms with van der Waals surface area (Å²) in [4.78, 5) is 14.5. The van der Waals surface area contributed by atoms with Crippen molar-refractivity contribution >= 4 is 26.7 Å². The molecule has 4 rings (SSSR count). The Morgan fingerprint density at radius 2 is 1.76 bits per heavy atom. The number of aryl methyl sites for hydroxylation is 2. The minimum Gasteiger partial charge on any atom is -0.356 e. The molecule has 0 spiro atoms. The van der Waals surface area contributed by atoms with E-state index in [9.17, 15) is 13.2 Å². The summed E-state index contributed by atoms with van der Waals surface area (Å²) in [6.07, 6.45) is 4.78. The lowest BCUT2D eigenvalue weighted by molar-refractivity contribution is -0.128. The van der Waals surface area contributed by atoms with Crippen LogP contribution in [0.15, 0.2) is 28.2 Å². The fraction of sp³-hybridized carbons (Fsp3) is 0.545. The highest BCUT2D eigenvalue weighted by Gasteiger charge is 2.35. The number of sulfonamides is 1. The van der Waals surface area contributed by atoms with Crippen LogP contribution in [0.4, 0.5) is 0 Å². The normalized spacial score (nSPS) is 22.4. The Kier molecular flexibility index (Phi) is 5.27. The molecule has 1 saturated carbocycles. The largest absolute Gasteiger partial charge is 0.356 e. The molecule has 6 nitrogen and oxygen atoms in total. The summed E-state index contributed by atoms with van der Waals surface area (Å²) < 4.78 is 29.8. The zero-order valence-electron chi connectivity index (χ0n) is 17.4. The molecule has 7 heteroatoms. The summed E-state index contributed by atoms with van der Waals surface area (Å²) in [5, 5.41) is 3.17. The predicted octanol–water partition coefficient (Wildman–Crippen LogP) is 3.16. The lowest BCUT2D eigenvalue weighted by atomic mass is 9.84. The van der Waals surface area contributed by atoms with Crippen LogP contribution < -0.4 is 5.32 Å². The first kappa shape index (κ1) is 20.1. The van der Waals surface area contributed by atoms with E-state index in [1.807, 2.05) is 43.9 Å². The fourth-order valence-electron chi connectivity index (χ4n) is 4.29. The van der Waals surface area contributed by atoms with Gasteiger partial charge in [0, 0.05) is 30.6 Å². The van der Waals surface area contributed by atoms with Gasteiger partial charge in [-0.15, -0.1) is 4.40 Å². The third-order valence-corrected chi connectivity index (χ3v) is 8.00. The molecule has 0 atom stereocenters. The van der Waals surface area contributed by atoms with Crippen LogP contribution in [-0.4, -0.2) is 44.2 Å². The number of carbonyl (C=O) groups excluding carboxylic acids is 1. The summed E-state index contributed by atoms with van der Waals surface area (Å²) in [7, 11) is -3.70. The van der Waals surface area contributed by atoms with Crippen molar-refractivity contribution in [2.45, 2.75) is 58.9 Å². The molecule has 2 heterocycles. The van der Waals surface area contributed by atoms with Crippen LogP contribution in [0.25, 0.3) is 4.91 Å². The molecule has 1 aromatic rings. The highest BCUT2D eigenvalue weighted by atomic mass is 32.2. The van der Waals surface area contributed by atoms with Crippen molar-refractivity contribution in [3.8, 4) is 0 Å². The van der Waals surface area contributed by atoms with E-state index in [1.54, 1.807) is 0 Å². The summed E-state index contributed by atoms with van der Waals surface area (Å²) in [6, 6.07) is 5.90. The van der Waals surface area contributed by atoms with Gasteiger partial charge in [-0.1, -0.05) is 24.6 Å². The van der Waals surface area contributed by atoms with Crippen LogP contribution in [-0.2, 0) is 14.8 Å². The van der Waals surface area contributed by atoms with Crippen LogP contribution in [0, 0.1) is 19.8 Å². The second-order valence-electron chi connectivity index (χ2n) is 8.54. The number of carbonyl (C=O) groups is 1. The first-order chi connectivity index (χ1) is 13.8. The molecule has 1 aromatic carbocycles. The second kappa shape index (κ2) is 7.59. The van der Waals surface area contributed by atoms with E-state index in [2.05, 4.69) is 9.71 Å².